The second kappa shape index (κ2) is 5.64. The Labute approximate surface area is 98.9 Å². The van der Waals surface area contributed by atoms with Crippen molar-refractivity contribution in [3.63, 3.8) is 0 Å². The van der Waals surface area contributed by atoms with E-state index in [1.807, 2.05) is 13.0 Å². The summed E-state index contributed by atoms with van der Waals surface area (Å²) >= 11 is 0. The van der Waals surface area contributed by atoms with E-state index in [4.69, 9.17) is 0 Å². The minimum atomic E-state index is -3.22. The summed E-state index contributed by atoms with van der Waals surface area (Å²) < 4.78 is 25.9. The fourth-order valence-corrected chi connectivity index (χ4v) is 3.36. The lowest BCUT2D eigenvalue weighted by Crippen LogP contribution is -2.39. The summed E-state index contributed by atoms with van der Waals surface area (Å²) in [6.07, 6.45) is 7.35. The Kier molecular flexibility index (Phi) is 4.74. The number of nitrogens with zero attached hydrogens (tertiary/aromatic N) is 1. The number of hydrogen-bond acceptors (Lipinski definition) is 2. The zero-order chi connectivity index (χ0) is 12.2. The van der Waals surface area contributed by atoms with Gasteiger partial charge in [-0.1, -0.05) is 19.1 Å². The largest absolute Gasteiger partial charge is 0.238 e. The van der Waals surface area contributed by atoms with Crippen LogP contribution in [0.3, 0.4) is 0 Å². The smallest absolute Gasteiger partial charge is 0.207 e. The third-order valence-corrected chi connectivity index (χ3v) is 4.85. The van der Waals surface area contributed by atoms with E-state index in [0.717, 1.165) is 12.8 Å². The highest BCUT2D eigenvalue weighted by Crippen LogP contribution is 2.22. The second-order valence-corrected chi connectivity index (χ2v) is 6.52. The first kappa shape index (κ1) is 13.5. The van der Waals surface area contributed by atoms with Crippen LogP contribution in [0.4, 0.5) is 0 Å². The monoisotopic (exact) mass is 243 g/mol. The Hall–Kier alpha value is -0.610. The lowest BCUT2D eigenvalue weighted by Gasteiger charge is -2.30. The van der Waals surface area contributed by atoms with E-state index in [0.29, 0.717) is 23.9 Å². The maximum absolute atomic E-state index is 12.2. The van der Waals surface area contributed by atoms with E-state index in [2.05, 4.69) is 6.92 Å². The average Bonchev–Trinajstić information content (AvgIpc) is 2.25. The van der Waals surface area contributed by atoms with Crippen molar-refractivity contribution in [1.29, 1.82) is 0 Å². The maximum Gasteiger partial charge on any atom is 0.238 e. The molecule has 16 heavy (non-hydrogen) atoms. The van der Waals surface area contributed by atoms with Gasteiger partial charge in [-0.3, -0.25) is 0 Å². The zero-order valence-electron chi connectivity index (χ0n) is 10.3. The van der Waals surface area contributed by atoms with Gasteiger partial charge in [-0.25, -0.2) is 8.42 Å². The predicted molar refractivity (Wildman–Crippen MR) is 67.5 cm³/mol. The van der Waals surface area contributed by atoms with Crippen molar-refractivity contribution < 1.29 is 8.42 Å². The average molecular weight is 243 g/mol. The molecule has 1 saturated heterocycles. The van der Waals surface area contributed by atoms with Crippen molar-refractivity contribution in [2.75, 3.05) is 13.1 Å². The van der Waals surface area contributed by atoms with E-state index in [9.17, 15) is 8.42 Å². The fraction of sp³-hybridized carbons (Fsp3) is 0.667. The molecule has 0 aromatic carbocycles. The van der Waals surface area contributed by atoms with Gasteiger partial charge in [0, 0.05) is 13.1 Å². The molecule has 0 aromatic rings. The molecule has 1 aliphatic rings. The summed E-state index contributed by atoms with van der Waals surface area (Å²) in [6, 6.07) is 0. The second-order valence-electron chi connectivity index (χ2n) is 4.41. The molecule has 0 spiro atoms. The molecule has 0 saturated carbocycles. The molecule has 1 rings (SSSR count). The SMILES string of the molecule is C/C=C\C=C(/C)S(=O)(=O)N1CCCC(C)C1. The van der Waals surface area contributed by atoms with Gasteiger partial charge >= 0.3 is 0 Å². The van der Waals surface area contributed by atoms with E-state index in [1.165, 1.54) is 0 Å². The highest BCUT2D eigenvalue weighted by Gasteiger charge is 2.27. The molecule has 0 aromatic heterocycles. The maximum atomic E-state index is 12.2. The normalized spacial score (nSPS) is 25.2. The third-order valence-electron chi connectivity index (χ3n) is 2.89. The van der Waals surface area contributed by atoms with Crippen LogP contribution in [0.2, 0.25) is 0 Å². The Morgan fingerprint density at radius 1 is 1.44 bits per heavy atom. The minimum Gasteiger partial charge on any atom is -0.207 e. The summed E-state index contributed by atoms with van der Waals surface area (Å²) in [4.78, 5) is 0.430. The van der Waals surface area contributed by atoms with Crippen LogP contribution in [0.25, 0.3) is 0 Å². The van der Waals surface area contributed by atoms with Crippen LogP contribution in [0.1, 0.15) is 33.6 Å². The van der Waals surface area contributed by atoms with Crippen LogP contribution in [0, 0.1) is 5.92 Å². The van der Waals surface area contributed by atoms with Crippen molar-refractivity contribution in [1.82, 2.24) is 4.31 Å². The summed E-state index contributed by atoms with van der Waals surface area (Å²) in [7, 11) is -3.22. The Morgan fingerprint density at radius 2 is 2.12 bits per heavy atom. The Morgan fingerprint density at radius 3 is 2.69 bits per heavy atom. The van der Waals surface area contributed by atoms with Gasteiger partial charge in [-0.05, 0) is 38.7 Å². The Balaban J connectivity index is 2.84. The molecule has 1 heterocycles. The zero-order valence-corrected chi connectivity index (χ0v) is 11.1. The van der Waals surface area contributed by atoms with Crippen molar-refractivity contribution in [2.45, 2.75) is 33.6 Å². The molecule has 0 amide bonds. The molecule has 0 radical (unpaired) electrons. The summed E-state index contributed by atoms with van der Waals surface area (Å²) in [6.45, 7) is 6.96. The molecule has 92 valence electrons. The van der Waals surface area contributed by atoms with E-state index < -0.39 is 10.0 Å². The van der Waals surface area contributed by atoms with E-state index >= 15 is 0 Å². The van der Waals surface area contributed by atoms with Crippen molar-refractivity contribution >= 4 is 10.0 Å². The molecule has 1 aliphatic heterocycles. The van der Waals surface area contributed by atoms with Crippen LogP contribution in [-0.2, 0) is 10.0 Å². The lowest BCUT2D eigenvalue weighted by molar-refractivity contribution is 0.283. The van der Waals surface area contributed by atoms with Crippen LogP contribution < -0.4 is 0 Å². The van der Waals surface area contributed by atoms with Crippen LogP contribution in [0.15, 0.2) is 23.1 Å². The fourth-order valence-electron chi connectivity index (χ4n) is 1.89. The van der Waals surface area contributed by atoms with E-state index in [1.54, 1.807) is 23.4 Å². The van der Waals surface area contributed by atoms with Crippen molar-refractivity contribution in [2.24, 2.45) is 5.92 Å². The minimum absolute atomic E-state index is 0.430. The van der Waals surface area contributed by atoms with Gasteiger partial charge in [0.2, 0.25) is 10.0 Å². The molecular weight excluding hydrogens is 222 g/mol. The number of rotatable bonds is 3. The molecule has 0 N–H and O–H groups in total. The number of hydrogen-bond donors (Lipinski definition) is 0. The number of piperidine rings is 1. The predicted octanol–water partition coefficient (Wildman–Crippen LogP) is 2.53. The molecule has 0 aliphatic carbocycles. The molecule has 0 bridgehead atoms. The van der Waals surface area contributed by atoms with Crippen LogP contribution in [0.5, 0.6) is 0 Å². The third kappa shape index (κ3) is 3.19. The standard InChI is InChI=1S/C12H21NO2S/c1-4-5-8-12(3)16(14,15)13-9-6-7-11(2)10-13/h4-5,8,11H,6-7,9-10H2,1-3H3/b5-4-,12-8+. The summed E-state index contributed by atoms with van der Waals surface area (Å²) in [5, 5.41) is 0. The molecule has 1 unspecified atom stereocenters. The molecule has 4 heteroatoms. The van der Waals surface area contributed by atoms with Crippen LogP contribution >= 0.6 is 0 Å². The first-order chi connectivity index (χ1) is 7.48. The van der Waals surface area contributed by atoms with E-state index in [-0.39, 0.29) is 0 Å². The first-order valence-corrected chi connectivity index (χ1v) is 7.22. The van der Waals surface area contributed by atoms with Crippen LogP contribution in [-0.4, -0.2) is 25.8 Å². The number of allylic oxidation sites excluding steroid dienone is 4. The molecular formula is C12H21NO2S. The van der Waals surface area contributed by atoms with Gasteiger partial charge in [-0.2, -0.15) is 4.31 Å². The highest BCUT2D eigenvalue weighted by molar-refractivity contribution is 7.93. The summed E-state index contributed by atoms with van der Waals surface area (Å²) in [5.41, 5.74) is 0. The van der Waals surface area contributed by atoms with Gasteiger partial charge in [0.1, 0.15) is 0 Å². The molecule has 3 nitrogen and oxygen atoms in total. The van der Waals surface area contributed by atoms with Gasteiger partial charge in [0.25, 0.3) is 0 Å². The van der Waals surface area contributed by atoms with Gasteiger partial charge in [0.15, 0.2) is 0 Å². The first-order valence-electron chi connectivity index (χ1n) is 5.78. The van der Waals surface area contributed by atoms with Crippen molar-refractivity contribution in [3.8, 4) is 0 Å². The highest BCUT2D eigenvalue weighted by atomic mass is 32.2. The van der Waals surface area contributed by atoms with Gasteiger partial charge in [-0.15, -0.1) is 0 Å². The lowest BCUT2D eigenvalue weighted by atomic mass is 10.0. The van der Waals surface area contributed by atoms with Crippen molar-refractivity contribution in [3.05, 3.63) is 23.1 Å². The summed E-state index contributed by atoms with van der Waals surface area (Å²) in [5.74, 6) is 0.470. The number of sulfonamides is 1. The molecule has 1 fully saturated rings. The quantitative estimate of drug-likeness (QED) is 0.714. The van der Waals surface area contributed by atoms with Gasteiger partial charge < -0.3 is 0 Å². The topological polar surface area (TPSA) is 37.4 Å². The molecule has 1 atom stereocenters. The van der Waals surface area contributed by atoms with Gasteiger partial charge in [0.05, 0.1) is 4.91 Å². The Bertz CT molecular complexity index is 382.